The van der Waals surface area contributed by atoms with Crippen molar-refractivity contribution in [2.45, 2.75) is 13.8 Å². The second-order valence-corrected chi connectivity index (χ2v) is 4.66. The van der Waals surface area contributed by atoms with Crippen molar-refractivity contribution in [3.63, 3.8) is 0 Å². The van der Waals surface area contributed by atoms with Crippen LogP contribution in [-0.4, -0.2) is 25.3 Å². The van der Waals surface area contributed by atoms with Gasteiger partial charge in [0.1, 0.15) is 11.5 Å². The van der Waals surface area contributed by atoms with Gasteiger partial charge >= 0.3 is 0 Å². The zero-order valence-electron chi connectivity index (χ0n) is 13.3. The molecule has 1 amide bonds. The molecular formula is C18H20N2O3. The van der Waals surface area contributed by atoms with Crippen LogP contribution in [0.1, 0.15) is 29.8 Å². The van der Waals surface area contributed by atoms with Crippen molar-refractivity contribution < 1.29 is 14.3 Å². The number of hydrogen-bond donors (Lipinski definition) is 1. The van der Waals surface area contributed by atoms with Crippen molar-refractivity contribution in [2.24, 2.45) is 5.10 Å². The number of amides is 1. The first-order valence-corrected chi connectivity index (χ1v) is 7.52. The summed E-state index contributed by atoms with van der Waals surface area (Å²) < 4.78 is 10.7. The van der Waals surface area contributed by atoms with Gasteiger partial charge in [0.2, 0.25) is 0 Å². The Morgan fingerprint density at radius 3 is 2.00 bits per heavy atom. The highest BCUT2D eigenvalue weighted by molar-refractivity contribution is 5.95. The molecule has 0 aliphatic rings. The summed E-state index contributed by atoms with van der Waals surface area (Å²) in [6.45, 7) is 5.07. The second-order valence-electron chi connectivity index (χ2n) is 4.66. The topological polar surface area (TPSA) is 59.9 Å². The molecule has 0 saturated heterocycles. The fourth-order valence-corrected chi connectivity index (χ4v) is 1.92. The molecule has 0 radical (unpaired) electrons. The van der Waals surface area contributed by atoms with Crippen molar-refractivity contribution in [3.8, 4) is 11.5 Å². The Labute approximate surface area is 135 Å². The number of carbonyl (C=O) groups is 1. The Balaban J connectivity index is 1.90. The molecule has 2 aromatic carbocycles. The van der Waals surface area contributed by atoms with E-state index in [1.807, 2.05) is 38.1 Å². The number of nitrogens with one attached hydrogen (secondary N) is 1. The summed E-state index contributed by atoms with van der Waals surface area (Å²) in [5, 5.41) is 3.96. The number of hydrogen-bond acceptors (Lipinski definition) is 4. The molecule has 1 N–H and O–H groups in total. The number of benzene rings is 2. The molecule has 120 valence electrons. The summed E-state index contributed by atoms with van der Waals surface area (Å²) in [7, 11) is 0. The average molecular weight is 312 g/mol. The summed E-state index contributed by atoms with van der Waals surface area (Å²) in [4.78, 5) is 12.0. The molecule has 0 unspecified atom stereocenters. The fourth-order valence-electron chi connectivity index (χ4n) is 1.92. The molecule has 2 aromatic rings. The van der Waals surface area contributed by atoms with E-state index in [9.17, 15) is 4.79 Å². The molecule has 0 aromatic heterocycles. The summed E-state index contributed by atoms with van der Waals surface area (Å²) >= 11 is 0. The van der Waals surface area contributed by atoms with Gasteiger partial charge in [0.05, 0.1) is 19.4 Å². The quantitative estimate of drug-likeness (QED) is 0.630. The van der Waals surface area contributed by atoms with Gasteiger partial charge < -0.3 is 9.47 Å². The molecule has 2 rings (SSSR count). The maximum atomic E-state index is 12.0. The van der Waals surface area contributed by atoms with Crippen molar-refractivity contribution >= 4 is 12.1 Å². The van der Waals surface area contributed by atoms with Crippen LogP contribution in [0.25, 0.3) is 0 Å². The minimum Gasteiger partial charge on any atom is -0.494 e. The predicted octanol–water partition coefficient (Wildman–Crippen LogP) is 3.25. The van der Waals surface area contributed by atoms with Crippen LogP contribution in [0.3, 0.4) is 0 Å². The first kappa shape index (κ1) is 16.5. The number of hydrazone groups is 1. The first-order valence-electron chi connectivity index (χ1n) is 7.52. The molecule has 0 heterocycles. The van der Waals surface area contributed by atoms with Gasteiger partial charge in [0.15, 0.2) is 0 Å². The van der Waals surface area contributed by atoms with Crippen LogP contribution in [0.4, 0.5) is 0 Å². The van der Waals surface area contributed by atoms with Gasteiger partial charge in [-0.3, -0.25) is 4.79 Å². The highest BCUT2D eigenvalue weighted by Crippen LogP contribution is 2.12. The summed E-state index contributed by atoms with van der Waals surface area (Å²) in [6.07, 6.45) is 1.59. The lowest BCUT2D eigenvalue weighted by molar-refractivity contribution is 0.0955. The van der Waals surface area contributed by atoms with E-state index in [1.54, 1.807) is 30.5 Å². The SMILES string of the molecule is CCOc1ccc(/C=N/NC(=O)c2ccc(OCC)cc2)cc1. The van der Waals surface area contributed by atoms with Crippen LogP contribution in [0.2, 0.25) is 0 Å². The molecule has 0 aliphatic carbocycles. The molecular weight excluding hydrogens is 292 g/mol. The molecule has 5 nitrogen and oxygen atoms in total. The van der Waals surface area contributed by atoms with Gasteiger partial charge in [0, 0.05) is 5.56 Å². The molecule has 5 heteroatoms. The Bertz CT molecular complexity index is 649. The Kier molecular flexibility index (Phi) is 6.17. The normalized spacial score (nSPS) is 10.5. The van der Waals surface area contributed by atoms with Crippen LogP contribution < -0.4 is 14.9 Å². The largest absolute Gasteiger partial charge is 0.494 e. The molecule has 0 fully saturated rings. The number of rotatable bonds is 7. The van der Waals surface area contributed by atoms with Gasteiger partial charge in [-0.05, 0) is 67.9 Å². The van der Waals surface area contributed by atoms with Crippen molar-refractivity contribution in [1.29, 1.82) is 0 Å². The van der Waals surface area contributed by atoms with Gasteiger partial charge in [-0.1, -0.05) is 0 Å². The lowest BCUT2D eigenvalue weighted by Gasteiger charge is -2.04. The van der Waals surface area contributed by atoms with E-state index in [-0.39, 0.29) is 5.91 Å². The minimum atomic E-state index is -0.268. The van der Waals surface area contributed by atoms with Crippen molar-refractivity contribution in [3.05, 3.63) is 59.7 Å². The van der Waals surface area contributed by atoms with Gasteiger partial charge in [-0.25, -0.2) is 5.43 Å². The smallest absolute Gasteiger partial charge is 0.271 e. The van der Waals surface area contributed by atoms with Crippen LogP contribution in [0.5, 0.6) is 11.5 Å². The third-order valence-electron chi connectivity index (χ3n) is 3.00. The minimum absolute atomic E-state index is 0.268. The predicted molar refractivity (Wildman–Crippen MR) is 90.3 cm³/mol. The van der Waals surface area contributed by atoms with Gasteiger partial charge in [-0.2, -0.15) is 5.10 Å². The zero-order valence-corrected chi connectivity index (χ0v) is 13.3. The third-order valence-corrected chi connectivity index (χ3v) is 3.00. The van der Waals surface area contributed by atoms with Crippen LogP contribution in [0.15, 0.2) is 53.6 Å². The standard InChI is InChI=1S/C18H20N2O3/c1-3-22-16-9-5-14(6-10-16)13-19-20-18(21)15-7-11-17(12-8-15)23-4-2/h5-13H,3-4H2,1-2H3,(H,20,21)/b19-13+. The van der Waals surface area contributed by atoms with Crippen molar-refractivity contribution in [2.75, 3.05) is 13.2 Å². The summed E-state index contributed by atoms with van der Waals surface area (Å²) in [6, 6.07) is 14.4. The molecule has 0 atom stereocenters. The maximum Gasteiger partial charge on any atom is 0.271 e. The van der Waals surface area contributed by atoms with E-state index >= 15 is 0 Å². The molecule has 23 heavy (non-hydrogen) atoms. The van der Waals surface area contributed by atoms with Gasteiger partial charge in [0.25, 0.3) is 5.91 Å². The number of ether oxygens (including phenoxy) is 2. The monoisotopic (exact) mass is 312 g/mol. The summed E-state index contributed by atoms with van der Waals surface area (Å²) in [5.74, 6) is 1.28. The lowest BCUT2D eigenvalue weighted by Crippen LogP contribution is -2.17. The van der Waals surface area contributed by atoms with E-state index in [1.165, 1.54) is 0 Å². The van der Waals surface area contributed by atoms with E-state index in [0.29, 0.717) is 18.8 Å². The van der Waals surface area contributed by atoms with Crippen molar-refractivity contribution in [1.82, 2.24) is 5.43 Å². The summed E-state index contributed by atoms with van der Waals surface area (Å²) in [5.41, 5.74) is 3.90. The Hall–Kier alpha value is -2.82. The van der Waals surface area contributed by atoms with E-state index in [0.717, 1.165) is 17.1 Å². The second kappa shape index (κ2) is 8.58. The van der Waals surface area contributed by atoms with Gasteiger partial charge in [-0.15, -0.1) is 0 Å². The fraction of sp³-hybridized carbons (Fsp3) is 0.222. The van der Waals surface area contributed by atoms with Crippen LogP contribution in [0, 0.1) is 0 Å². The Morgan fingerprint density at radius 2 is 1.48 bits per heavy atom. The Morgan fingerprint density at radius 1 is 0.957 bits per heavy atom. The highest BCUT2D eigenvalue weighted by atomic mass is 16.5. The molecule has 0 aliphatic heterocycles. The molecule has 0 saturated carbocycles. The van der Waals surface area contributed by atoms with E-state index in [4.69, 9.17) is 9.47 Å². The average Bonchev–Trinajstić information content (AvgIpc) is 2.57. The number of nitrogens with zero attached hydrogens (tertiary/aromatic N) is 1. The van der Waals surface area contributed by atoms with E-state index in [2.05, 4.69) is 10.5 Å². The third kappa shape index (κ3) is 5.14. The molecule has 0 bridgehead atoms. The van der Waals surface area contributed by atoms with E-state index < -0.39 is 0 Å². The number of carbonyl (C=O) groups excluding carboxylic acids is 1. The van der Waals surface area contributed by atoms with Crippen LogP contribution >= 0.6 is 0 Å². The highest BCUT2D eigenvalue weighted by Gasteiger charge is 2.04. The molecule has 0 spiro atoms. The maximum absolute atomic E-state index is 12.0. The first-order chi connectivity index (χ1) is 11.2. The zero-order chi connectivity index (χ0) is 16.5. The lowest BCUT2D eigenvalue weighted by atomic mass is 10.2. The van der Waals surface area contributed by atoms with Crippen LogP contribution in [-0.2, 0) is 0 Å².